The third-order valence-corrected chi connectivity index (χ3v) is 4.34. The summed E-state index contributed by atoms with van der Waals surface area (Å²) in [5.41, 5.74) is 4.28. The number of nitrogens with zero attached hydrogens (tertiary/aromatic N) is 2. The highest BCUT2D eigenvalue weighted by atomic mass is 16.5. The molecule has 0 unspecified atom stereocenters. The second kappa shape index (κ2) is 7.36. The lowest BCUT2D eigenvalue weighted by atomic mass is 10.1. The lowest BCUT2D eigenvalue weighted by molar-refractivity contribution is 0.238. The van der Waals surface area contributed by atoms with Crippen LogP contribution in [0.15, 0.2) is 79.0 Å². The van der Waals surface area contributed by atoms with E-state index in [2.05, 4.69) is 16.8 Å². The molecule has 132 valence electrons. The number of aliphatic hydroxyl groups excluding tert-OH is 1. The smallest absolute Gasteiger partial charge is 0.200 e. The number of hydrogen-bond donors (Lipinski definition) is 1. The first kappa shape index (κ1) is 16.9. The molecule has 0 aliphatic rings. The third-order valence-electron chi connectivity index (χ3n) is 4.34. The Hall–Kier alpha value is -3.55. The van der Waals surface area contributed by atoms with E-state index in [1.165, 1.54) is 0 Å². The Labute approximate surface area is 157 Å². The van der Waals surface area contributed by atoms with E-state index in [9.17, 15) is 5.11 Å². The molecule has 0 fully saturated rings. The van der Waals surface area contributed by atoms with Crippen LogP contribution in [0.1, 0.15) is 17.4 Å². The molecule has 2 aromatic heterocycles. The lowest BCUT2D eigenvalue weighted by Crippen LogP contribution is -1.98. The van der Waals surface area contributed by atoms with Crippen LogP contribution in [-0.2, 0) is 0 Å². The number of benzene rings is 2. The Morgan fingerprint density at radius 3 is 2.37 bits per heavy atom. The fourth-order valence-electron chi connectivity index (χ4n) is 2.97. The zero-order valence-electron chi connectivity index (χ0n) is 14.8. The minimum Gasteiger partial charge on any atom is -0.482 e. The largest absolute Gasteiger partial charge is 0.482 e. The van der Waals surface area contributed by atoms with Crippen molar-refractivity contribution in [3.8, 4) is 28.8 Å². The average molecular weight is 354 g/mol. The zero-order chi connectivity index (χ0) is 18.6. The molecule has 0 saturated carbocycles. The van der Waals surface area contributed by atoms with Crippen molar-refractivity contribution in [2.45, 2.75) is 6.10 Å². The zero-order valence-corrected chi connectivity index (χ0v) is 14.8. The summed E-state index contributed by atoms with van der Waals surface area (Å²) in [6.07, 6.45) is 0.837. The van der Waals surface area contributed by atoms with E-state index in [4.69, 9.17) is 4.74 Å². The minimum absolute atomic E-state index is 0.641. The second-order valence-electron chi connectivity index (χ2n) is 6.07. The number of methoxy groups -OCH3 is 1. The van der Waals surface area contributed by atoms with Gasteiger partial charge in [-0.05, 0) is 28.7 Å². The summed E-state index contributed by atoms with van der Waals surface area (Å²) in [5.74, 6) is 6.54. The summed E-state index contributed by atoms with van der Waals surface area (Å²) in [7, 11) is 1.62. The van der Waals surface area contributed by atoms with Gasteiger partial charge in [0.15, 0.2) is 0 Å². The van der Waals surface area contributed by atoms with Crippen LogP contribution < -0.4 is 4.74 Å². The molecule has 0 radical (unpaired) electrons. The Bertz CT molecular complexity index is 1120. The molecule has 2 heterocycles. The van der Waals surface area contributed by atoms with Crippen LogP contribution in [-0.4, -0.2) is 21.6 Å². The molecule has 0 saturated heterocycles. The summed E-state index contributed by atoms with van der Waals surface area (Å²) < 4.78 is 7.42. The molecular formula is C23H18N2O2. The van der Waals surface area contributed by atoms with Crippen LogP contribution in [0.5, 0.6) is 5.88 Å². The van der Waals surface area contributed by atoms with Gasteiger partial charge in [0, 0.05) is 6.07 Å². The average Bonchev–Trinajstić information content (AvgIpc) is 3.15. The first-order valence-corrected chi connectivity index (χ1v) is 8.62. The molecule has 4 rings (SSSR count). The van der Waals surface area contributed by atoms with Crippen molar-refractivity contribution in [3.05, 3.63) is 90.3 Å². The van der Waals surface area contributed by atoms with Crippen LogP contribution >= 0.6 is 0 Å². The van der Waals surface area contributed by atoms with E-state index in [1.807, 2.05) is 77.2 Å². The van der Waals surface area contributed by atoms with Gasteiger partial charge >= 0.3 is 0 Å². The highest BCUT2D eigenvalue weighted by Gasteiger charge is 2.11. The van der Waals surface area contributed by atoms with Gasteiger partial charge in [0.05, 0.1) is 13.3 Å². The monoisotopic (exact) mass is 354 g/mol. The first-order chi connectivity index (χ1) is 13.3. The molecular weight excluding hydrogens is 336 g/mol. The highest BCUT2D eigenvalue weighted by Crippen LogP contribution is 2.27. The molecule has 0 bridgehead atoms. The highest BCUT2D eigenvalue weighted by molar-refractivity contribution is 5.70. The van der Waals surface area contributed by atoms with Gasteiger partial charge in [0.1, 0.15) is 17.4 Å². The van der Waals surface area contributed by atoms with Gasteiger partial charge in [0.2, 0.25) is 5.88 Å². The van der Waals surface area contributed by atoms with Crippen molar-refractivity contribution >= 4 is 5.65 Å². The van der Waals surface area contributed by atoms with Gasteiger partial charge in [0.25, 0.3) is 0 Å². The number of pyridine rings is 1. The van der Waals surface area contributed by atoms with Crippen molar-refractivity contribution < 1.29 is 9.84 Å². The predicted molar refractivity (Wildman–Crippen MR) is 105 cm³/mol. The summed E-state index contributed by atoms with van der Waals surface area (Å²) in [6.45, 7) is 0. The fourth-order valence-corrected chi connectivity index (χ4v) is 2.97. The van der Waals surface area contributed by atoms with Crippen molar-refractivity contribution in [1.29, 1.82) is 0 Å². The third kappa shape index (κ3) is 3.41. The Balaban J connectivity index is 1.75. The molecule has 4 aromatic rings. The van der Waals surface area contributed by atoms with Gasteiger partial charge in [-0.1, -0.05) is 66.6 Å². The van der Waals surface area contributed by atoms with Gasteiger partial charge in [-0.25, -0.2) is 4.98 Å². The van der Waals surface area contributed by atoms with Crippen LogP contribution in [0.3, 0.4) is 0 Å². The number of fused-ring (bicyclic) bond motifs is 1. The van der Waals surface area contributed by atoms with E-state index < -0.39 is 6.10 Å². The van der Waals surface area contributed by atoms with E-state index in [-0.39, 0.29) is 0 Å². The Morgan fingerprint density at radius 2 is 1.67 bits per heavy atom. The quantitative estimate of drug-likeness (QED) is 0.564. The van der Waals surface area contributed by atoms with E-state index in [1.54, 1.807) is 13.3 Å². The van der Waals surface area contributed by atoms with Gasteiger partial charge < -0.3 is 9.84 Å². The van der Waals surface area contributed by atoms with E-state index >= 15 is 0 Å². The molecule has 0 aliphatic carbocycles. The summed E-state index contributed by atoms with van der Waals surface area (Å²) in [6, 6.07) is 23.4. The minimum atomic E-state index is -0.855. The van der Waals surface area contributed by atoms with Gasteiger partial charge in [-0.2, -0.15) is 0 Å². The number of hydrogen-bond acceptors (Lipinski definition) is 3. The molecule has 0 spiro atoms. The summed E-state index contributed by atoms with van der Waals surface area (Å²) >= 11 is 0. The molecule has 4 nitrogen and oxygen atoms in total. The SMILES string of the molecule is COc1cc(-c2ccccc2)cc2ncc(C#C[C@H](O)c3ccccc3)n12. The molecule has 1 N–H and O–H groups in total. The topological polar surface area (TPSA) is 46.8 Å². The number of aromatic nitrogens is 2. The van der Waals surface area contributed by atoms with Crippen LogP contribution in [0.4, 0.5) is 0 Å². The standard InChI is InChI=1S/C23H18N2O2/c1-27-23-15-19(17-8-4-2-5-9-17)14-22-24-16-20(25(22)23)12-13-21(26)18-10-6-3-7-11-18/h2-11,14-16,21,26H,1H3/t21-/m0/s1. The van der Waals surface area contributed by atoms with Gasteiger partial charge in [-0.15, -0.1) is 0 Å². The van der Waals surface area contributed by atoms with Gasteiger partial charge in [-0.3, -0.25) is 4.40 Å². The van der Waals surface area contributed by atoms with Crippen LogP contribution in [0, 0.1) is 11.8 Å². The number of imidazole rings is 1. The number of rotatable bonds is 3. The summed E-state index contributed by atoms with van der Waals surface area (Å²) in [4.78, 5) is 4.46. The fraction of sp³-hybridized carbons (Fsp3) is 0.0870. The molecule has 1 atom stereocenters. The summed E-state index contributed by atoms with van der Waals surface area (Å²) in [5, 5.41) is 10.3. The van der Waals surface area contributed by atoms with Crippen molar-refractivity contribution in [2.24, 2.45) is 0 Å². The van der Waals surface area contributed by atoms with E-state index in [0.29, 0.717) is 11.6 Å². The molecule has 2 aromatic carbocycles. The van der Waals surface area contributed by atoms with Crippen molar-refractivity contribution in [3.63, 3.8) is 0 Å². The first-order valence-electron chi connectivity index (χ1n) is 8.62. The maximum Gasteiger partial charge on any atom is 0.200 e. The maximum absolute atomic E-state index is 10.3. The van der Waals surface area contributed by atoms with Crippen LogP contribution in [0.25, 0.3) is 16.8 Å². The number of aliphatic hydroxyl groups is 1. The number of ether oxygens (including phenoxy) is 1. The Kier molecular flexibility index (Phi) is 4.61. The molecule has 0 aliphatic heterocycles. The maximum atomic E-state index is 10.3. The Morgan fingerprint density at radius 1 is 0.963 bits per heavy atom. The second-order valence-corrected chi connectivity index (χ2v) is 6.07. The molecule has 4 heteroatoms. The van der Waals surface area contributed by atoms with Crippen molar-refractivity contribution in [1.82, 2.24) is 9.38 Å². The predicted octanol–water partition coefficient (Wildman–Crippen LogP) is 4.10. The molecule has 0 amide bonds. The van der Waals surface area contributed by atoms with E-state index in [0.717, 1.165) is 22.3 Å². The lowest BCUT2D eigenvalue weighted by Gasteiger charge is -2.09. The molecule has 27 heavy (non-hydrogen) atoms. The normalized spacial score (nSPS) is 11.6. The van der Waals surface area contributed by atoms with Crippen LogP contribution in [0.2, 0.25) is 0 Å². The van der Waals surface area contributed by atoms with Crippen molar-refractivity contribution in [2.75, 3.05) is 7.11 Å².